The number of thioether (sulfide) groups is 1. The van der Waals surface area contributed by atoms with Gasteiger partial charge in [0, 0.05) is 20.6 Å². The summed E-state index contributed by atoms with van der Waals surface area (Å²) in [4.78, 5) is 32.8. The summed E-state index contributed by atoms with van der Waals surface area (Å²) in [5.41, 5.74) is 3.45. The van der Waals surface area contributed by atoms with Gasteiger partial charge in [-0.25, -0.2) is 4.98 Å². The SMILES string of the molecule is CCn1c(SC(C(=O)N(C)C)c2ccccc2)nc2ccc(-c3ccccc3)cc2c1=O. The lowest BCUT2D eigenvalue weighted by Gasteiger charge is -2.21. The van der Waals surface area contributed by atoms with E-state index in [1.807, 2.05) is 85.8 Å². The summed E-state index contributed by atoms with van der Waals surface area (Å²) in [5.74, 6) is -0.0439. The summed E-state index contributed by atoms with van der Waals surface area (Å²) in [6, 6.07) is 25.4. The summed E-state index contributed by atoms with van der Waals surface area (Å²) < 4.78 is 1.65. The fraction of sp³-hybridized carbons (Fsp3) is 0.192. The predicted octanol–water partition coefficient (Wildman–Crippen LogP) is 5.01. The maximum atomic E-state index is 13.4. The Bertz CT molecular complexity index is 1300. The van der Waals surface area contributed by atoms with E-state index in [4.69, 9.17) is 4.98 Å². The highest BCUT2D eigenvalue weighted by molar-refractivity contribution is 8.00. The maximum absolute atomic E-state index is 13.4. The van der Waals surface area contributed by atoms with Crippen LogP contribution >= 0.6 is 11.8 Å². The molecule has 0 aliphatic rings. The second-order valence-electron chi connectivity index (χ2n) is 7.68. The molecule has 0 aliphatic heterocycles. The number of hydrogen-bond acceptors (Lipinski definition) is 4. The average molecular weight is 444 g/mol. The van der Waals surface area contributed by atoms with Gasteiger partial charge in [0.05, 0.1) is 10.9 Å². The Morgan fingerprint density at radius 1 is 0.969 bits per heavy atom. The Morgan fingerprint density at radius 2 is 1.62 bits per heavy atom. The molecule has 0 saturated heterocycles. The van der Waals surface area contributed by atoms with Crippen LogP contribution in [0.2, 0.25) is 0 Å². The van der Waals surface area contributed by atoms with Gasteiger partial charge in [0.2, 0.25) is 5.91 Å². The second-order valence-corrected chi connectivity index (χ2v) is 8.76. The van der Waals surface area contributed by atoms with Crippen molar-refractivity contribution in [2.75, 3.05) is 14.1 Å². The lowest BCUT2D eigenvalue weighted by molar-refractivity contribution is -0.128. The molecule has 1 amide bonds. The lowest BCUT2D eigenvalue weighted by atomic mass is 10.0. The quantitative estimate of drug-likeness (QED) is 0.311. The van der Waals surface area contributed by atoms with Crippen molar-refractivity contribution in [3.05, 3.63) is 94.8 Å². The van der Waals surface area contributed by atoms with Gasteiger partial charge < -0.3 is 4.90 Å². The Labute approximate surface area is 191 Å². The number of likely N-dealkylation sites (N-methyl/N-ethyl adjacent to an activating group) is 1. The minimum Gasteiger partial charge on any atom is -0.348 e. The Hall–Kier alpha value is -3.38. The van der Waals surface area contributed by atoms with E-state index in [1.165, 1.54) is 11.8 Å². The van der Waals surface area contributed by atoms with E-state index in [0.717, 1.165) is 16.7 Å². The zero-order chi connectivity index (χ0) is 22.7. The van der Waals surface area contributed by atoms with Gasteiger partial charge in [0.1, 0.15) is 5.25 Å². The molecular formula is C26H25N3O2S. The number of nitrogens with zero attached hydrogens (tertiary/aromatic N) is 3. The molecule has 6 heteroatoms. The molecule has 0 spiro atoms. The minimum atomic E-state index is -0.489. The standard InChI is InChI=1S/C26H25N3O2S/c1-4-29-24(30)21-17-20(18-11-7-5-8-12-18)15-16-22(21)27-26(29)32-23(25(31)28(2)3)19-13-9-6-10-14-19/h5-17,23H,4H2,1-3H3. The van der Waals surface area contributed by atoms with Crippen LogP contribution in [0.25, 0.3) is 22.0 Å². The number of benzene rings is 3. The summed E-state index contributed by atoms with van der Waals surface area (Å²) in [6.45, 7) is 2.39. The van der Waals surface area contributed by atoms with Crippen molar-refractivity contribution in [1.82, 2.24) is 14.5 Å². The fourth-order valence-corrected chi connectivity index (χ4v) is 4.91. The molecule has 3 aromatic carbocycles. The van der Waals surface area contributed by atoms with Crippen LogP contribution < -0.4 is 5.56 Å². The fourth-order valence-electron chi connectivity index (χ4n) is 3.61. The van der Waals surface area contributed by atoms with E-state index < -0.39 is 5.25 Å². The van der Waals surface area contributed by atoms with Gasteiger partial charge >= 0.3 is 0 Å². The van der Waals surface area contributed by atoms with Gasteiger partial charge in [-0.05, 0) is 35.7 Å². The molecule has 1 unspecified atom stereocenters. The molecule has 32 heavy (non-hydrogen) atoms. The van der Waals surface area contributed by atoms with Crippen molar-refractivity contribution in [2.45, 2.75) is 23.9 Å². The first-order chi connectivity index (χ1) is 15.5. The molecule has 1 atom stereocenters. The zero-order valence-corrected chi connectivity index (χ0v) is 19.2. The number of amides is 1. The molecule has 0 aliphatic carbocycles. The molecular weight excluding hydrogens is 418 g/mol. The Kier molecular flexibility index (Phi) is 6.42. The Balaban J connectivity index is 1.81. The molecule has 0 saturated carbocycles. The van der Waals surface area contributed by atoms with Crippen LogP contribution in [0.1, 0.15) is 17.7 Å². The van der Waals surface area contributed by atoms with Crippen molar-refractivity contribution in [2.24, 2.45) is 0 Å². The number of carbonyl (C=O) groups is 1. The summed E-state index contributed by atoms with van der Waals surface area (Å²) in [7, 11) is 3.48. The average Bonchev–Trinajstić information content (AvgIpc) is 2.83. The lowest BCUT2D eigenvalue weighted by Crippen LogP contribution is -2.28. The highest BCUT2D eigenvalue weighted by Gasteiger charge is 2.26. The van der Waals surface area contributed by atoms with Gasteiger partial charge in [0.15, 0.2) is 5.16 Å². The number of rotatable bonds is 6. The van der Waals surface area contributed by atoms with Crippen LogP contribution in [-0.2, 0) is 11.3 Å². The Morgan fingerprint density at radius 3 is 2.25 bits per heavy atom. The van der Waals surface area contributed by atoms with Crippen LogP contribution in [0.4, 0.5) is 0 Å². The number of fused-ring (bicyclic) bond motifs is 1. The van der Waals surface area contributed by atoms with E-state index in [1.54, 1.807) is 23.6 Å². The molecule has 0 N–H and O–H groups in total. The summed E-state index contributed by atoms with van der Waals surface area (Å²) in [5, 5.41) is 0.631. The van der Waals surface area contributed by atoms with Crippen LogP contribution in [0.3, 0.4) is 0 Å². The summed E-state index contributed by atoms with van der Waals surface area (Å²) in [6.07, 6.45) is 0. The molecule has 0 radical (unpaired) electrons. The van der Waals surface area contributed by atoms with Crippen molar-refractivity contribution < 1.29 is 4.79 Å². The first-order valence-electron chi connectivity index (χ1n) is 10.5. The molecule has 1 aromatic heterocycles. The van der Waals surface area contributed by atoms with E-state index in [9.17, 15) is 9.59 Å². The first kappa shape index (κ1) is 21.8. The van der Waals surface area contributed by atoms with Gasteiger partial charge in [-0.1, -0.05) is 78.5 Å². The molecule has 0 bridgehead atoms. The zero-order valence-electron chi connectivity index (χ0n) is 18.4. The molecule has 4 aromatic rings. The third-order valence-corrected chi connectivity index (χ3v) is 6.57. The van der Waals surface area contributed by atoms with Gasteiger partial charge in [-0.2, -0.15) is 0 Å². The van der Waals surface area contributed by atoms with Crippen LogP contribution in [-0.4, -0.2) is 34.5 Å². The highest BCUT2D eigenvalue weighted by Crippen LogP contribution is 2.36. The van der Waals surface area contributed by atoms with Crippen LogP contribution in [0.15, 0.2) is 88.8 Å². The van der Waals surface area contributed by atoms with Crippen LogP contribution in [0, 0.1) is 0 Å². The third-order valence-electron chi connectivity index (χ3n) is 5.33. The topological polar surface area (TPSA) is 55.2 Å². The van der Waals surface area contributed by atoms with Crippen LogP contribution in [0.5, 0.6) is 0 Å². The van der Waals surface area contributed by atoms with Gasteiger partial charge in [-0.3, -0.25) is 14.2 Å². The van der Waals surface area contributed by atoms with E-state index in [0.29, 0.717) is 22.6 Å². The number of carbonyl (C=O) groups excluding carboxylic acids is 1. The molecule has 162 valence electrons. The highest BCUT2D eigenvalue weighted by atomic mass is 32.2. The molecule has 0 fully saturated rings. The number of hydrogen-bond donors (Lipinski definition) is 0. The summed E-state index contributed by atoms with van der Waals surface area (Å²) >= 11 is 1.32. The second kappa shape index (κ2) is 9.40. The molecule has 1 heterocycles. The van der Waals surface area contributed by atoms with Crippen molar-refractivity contribution in [3.8, 4) is 11.1 Å². The van der Waals surface area contributed by atoms with Gasteiger partial charge in [0.25, 0.3) is 5.56 Å². The van der Waals surface area contributed by atoms with E-state index in [-0.39, 0.29) is 11.5 Å². The smallest absolute Gasteiger partial charge is 0.262 e. The monoisotopic (exact) mass is 443 g/mol. The largest absolute Gasteiger partial charge is 0.348 e. The van der Waals surface area contributed by atoms with Crippen molar-refractivity contribution in [3.63, 3.8) is 0 Å². The normalized spacial score (nSPS) is 12.0. The van der Waals surface area contributed by atoms with Gasteiger partial charge in [-0.15, -0.1) is 0 Å². The first-order valence-corrected chi connectivity index (χ1v) is 11.4. The maximum Gasteiger partial charge on any atom is 0.262 e. The molecule has 5 nitrogen and oxygen atoms in total. The minimum absolute atomic E-state index is 0.0439. The van der Waals surface area contributed by atoms with E-state index >= 15 is 0 Å². The third kappa shape index (κ3) is 4.32. The van der Waals surface area contributed by atoms with Crippen molar-refractivity contribution >= 4 is 28.6 Å². The number of aromatic nitrogens is 2. The molecule has 4 rings (SSSR count). The van der Waals surface area contributed by atoms with Crippen molar-refractivity contribution in [1.29, 1.82) is 0 Å². The predicted molar refractivity (Wildman–Crippen MR) is 131 cm³/mol. The van der Waals surface area contributed by atoms with E-state index in [2.05, 4.69) is 0 Å².